The molecule has 0 saturated heterocycles. The summed E-state index contributed by atoms with van der Waals surface area (Å²) in [6, 6.07) is 5.57. The fourth-order valence-electron chi connectivity index (χ4n) is 1.66. The van der Waals surface area contributed by atoms with Crippen molar-refractivity contribution < 1.29 is 9.47 Å². The van der Waals surface area contributed by atoms with E-state index in [9.17, 15) is 0 Å². The van der Waals surface area contributed by atoms with Crippen LogP contribution in [0.5, 0.6) is 0 Å². The first-order chi connectivity index (χ1) is 8.47. The minimum absolute atomic E-state index is 0.535. The third-order valence-corrected chi connectivity index (χ3v) is 3.18. The standard InChI is InChI=1S/C14H16ClNO2/c1-5-12-10-7-6-9(15)8-11(10)16-13(18-12)14(2,3)17-4/h5-8H,1-4H3/b12-5-. The van der Waals surface area contributed by atoms with Gasteiger partial charge in [-0.05, 0) is 45.0 Å². The summed E-state index contributed by atoms with van der Waals surface area (Å²) in [5.74, 6) is 1.31. The molecule has 0 unspecified atom stereocenters. The number of hydrogen-bond donors (Lipinski definition) is 0. The van der Waals surface area contributed by atoms with Gasteiger partial charge in [-0.2, -0.15) is 0 Å². The van der Waals surface area contributed by atoms with Gasteiger partial charge in [-0.1, -0.05) is 11.6 Å². The highest BCUT2D eigenvalue weighted by Crippen LogP contribution is 2.36. The van der Waals surface area contributed by atoms with E-state index in [1.807, 2.05) is 45.0 Å². The van der Waals surface area contributed by atoms with E-state index in [-0.39, 0.29) is 0 Å². The van der Waals surface area contributed by atoms with Gasteiger partial charge in [0.1, 0.15) is 11.4 Å². The number of aliphatic imine (C=N–C) groups is 1. The van der Waals surface area contributed by atoms with Crippen molar-refractivity contribution in [1.29, 1.82) is 0 Å². The lowest BCUT2D eigenvalue weighted by Crippen LogP contribution is -2.36. The van der Waals surface area contributed by atoms with Crippen LogP contribution in [0.3, 0.4) is 0 Å². The maximum absolute atomic E-state index is 6.00. The highest BCUT2D eigenvalue weighted by molar-refractivity contribution is 6.31. The van der Waals surface area contributed by atoms with Crippen LogP contribution in [0.1, 0.15) is 26.3 Å². The molecule has 0 fully saturated rings. The van der Waals surface area contributed by atoms with Crippen LogP contribution in [0.15, 0.2) is 29.3 Å². The average molecular weight is 266 g/mol. The van der Waals surface area contributed by atoms with Crippen molar-refractivity contribution in [2.24, 2.45) is 4.99 Å². The fraction of sp³-hybridized carbons (Fsp3) is 0.357. The quantitative estimate of drug-likeness (QED) is 0.803. The second-order valence-corrected chi connectivity index (χ2v) is 4.98. The topological polar surface area (TPSA) is 30.8 Å². The Balaban J connectivity index is 2.56. The van der Waals surface area contributed by atoms with E-state index in [0.717, 1.165) is 17.0 Å². The largest absolute Gasteiger partial charge is 0.439 e. The smallest absolute Gasteiger partial charge is 0.226 e. The van der Waals surface area contributed by atoms with Gasteiger partial charge in [0.05, 0.1) is 5.69 Å². The number of rotatable bonds is 2. The molecule has 0 N–H and O–H groups in total. The van der Waals surface area contributed by atoms with E-state index in [4.69, 9.17) is 21.1 Å². The van der Waals surface area contributed by atoms with Crippen molar-refractivity contribution in [1.82, 2.24) is 0 Å². The second-order valence-electron chi connectivity index (χ2n) is 4.55. The van der Waals surface area contributed by atoms with E-state index >= 15 is 0 Å². The van der Waals surface area contributed by atoms with Crippen molar-refractivity contribution >= 4 is 28.9 Å². The first-order valence-corrected chi connectivity index (χ1v) is 6.14. The molecule has 1 aromatic carbocycles. The van der Waals surface area contributed by atoms with E-state index in [1.165, 1.54) is 0 Å². The van der Waals surface area contributed by atoms with Gasteiger partial charge in [0.15, 0.2) is 0 Å². The zero-order valence-corrected chi connectivity index (χ0v) is 11.7. The van der Waals surface area contributed by atoms with Gasteiger partial charge in [-0.15, -0.1) is 0 Å². The van der Waals surface area contributed by atoms with Crippen LogP contribution in [-0.2, 0) is 9.47 Å². The monoisotopic (exact) mass is 265 g/mol. The zero-order chi connectivity index (χ0) is 13.3. The molecule has 0 spiro atoms. The minimum atomic E-state index is -0.575. The van der Waals surface area contributed by atoms with Crippen LogP contribution in [0.25, 0.3) is 5.76 Å². The molecule has 0 amide bonds. The van der Waals surface area contributed by atoms with Gasteiger partial charge in [-0.3, -0.25) is 0 Å². The van der Waals surface area contributed by atoms with Gasteiger partial charge in [0.25, 0.3) is 0 Å². The molecule has 2 rings (SSSR count). The highest BCUT2D eigenvalue weighted by atomic mass is 35.5. The van der Waals surface area contributed by atoms with Crippen LogP contribution in [0.2, 0.25) is 5.02 Å². The van der Waals surface area contributed by atoms with Crippen molar-refractivity contribution in [2.75, 3.05) is 7.11 Å². The Morgan fingerprint density at radius 2 is 2.11 bits per heavy atom. The molecule has 0 aliphatic carbocycles. The number of nitrogens with zero attached hydrogens (tertiary/aromatic N) is 1. The van der Waals surface area contributed by atoms with Gasteiger partial charge in [-0.25, -0.2) is 4.99 Å². The lowest BCUT2D eigenvalue weighted by molar-refractivity contribution is 0.0669. The van der Waals surface area contributed by atoms with Crippen LogP contribution in [-0.4, -0.2) is 18.6 Å². The van der Waals surface area contributed by atoms with Crippen LogP contribution < -0.4 is 0 Å². The molecule has 4 heteroatoms. The first-order valence-electron chi connectivity index (χ1n) is 5.76. The maximum Gasteiger partial charge on any atom is 0.226 e. The van der Waals surface area contributed by atoms with Crippen molar-refractivity contribution in [3.63, 3.8) is 0 Å². The first kappa shape index (κ1) is 13.1. The van der Waals surface area contributed by atoms with E-state index in [1.54, 1.807) is 7.11 Å². The Hall–Kier alpha value is -1.32. The Kier molecular flexibility index (Phi) is 3.46. The Bertz CT molecular complexity index is 533. The van der Waals surface area contributed by atoms with E-state index in [2.05, 4.69) is 4.99 Å². The Morgan fingerprint density at radius 3 is 2.72 bits per heavy atom. The van der Waals surface area contributed by atoms with Crippen molar-refractivity contribution in [3.8, 4) is 0 Å². The summed E-state index contributed by atoms with van der Waals surface area (Å²) in [5.41, 5.74) is 1.17. The van der Waals surface area contributed by atoms with Crippen LogP contribution in [0, 0.1) is 0 Å². The number of hydrogen-bond acceptors (Lipinski definition) is 3. The summed E-state index contributed by atoms with van der Waals surface area (Å²) in [6.45, 7) is 5.75. The van der Waals surface area contributed by atoms with Crippen molar-refractivity contribution in [2.45, 2.75) is 26.4 Å². The number of methoxy groups -OCH3 is 1. The summed E-state index contributed by atoms with van der Waals surface area (Å²) >= 11 is 6.00. The zero-order valence-electron chi connectivity index (χ0n) is 11.0. The SMILES string of the molecule is C/C=C1\OC(C(C)(C)OC)=Nc2cc(Cl)ccc21. The van der Waals surface area contributed by atoms with E-state index in [0.29, 0.717) is 10.9 Å². The predicted molar refractivity (Wildman–Crippen MR) is 74.4 cm³/mol. The average Bonchev–Trinajstić information content (AvgIpc) is 2.36. The Morgan fingerprint density at radius 1 is 1.39 bits per heavy atom. The molecular weight excluding hydrogens is 250 g/mol. The fourth-order valence-corrected chi connectivity index (χ4v) is 1.82. The van der Waals surface area contributed by atoms with E-state index < -0.39 is 5.60 Å². The molecule has 0 aromatic heterocycles. The second kappa shape index (κ2) is 4.75. The molecule has 3 nitrogen and oxygen atoms in total. The molecule has 18 heavy (non-hydrogen) atoms. The summed E-state index contributed by atoms with van der Waals surface area (Å²) < 4.78 is 11.2. The lowest BCUT2D eigenvalue weighted by atomic mass is 10.1. The molecule has 0 atom stereocenters. The highest BCUT2D eigenvalue weighted by Gasteiger charge is 2.31. The third kappa shape index (κ3) is 2.28. The molecule has 1 aliphatic heterocycles. The lowest BCUT2D eigenvalue weighted by Gasteiger charge is -2.29. The number of benzene rings is 1. The molecule has 0 radical (unpaired) electrons. The Labute approximate surface area is 112 Å². The summed E-state index contributed by atoms with van der Waals surface area (Å²) in [4.78, 5) is 4.49. The molecular formula is C14H16ClNO2. The predicted octanol–water partition coefficient (Wildman–Crippen LogP) is 4.19. The molecule has 0 saturated carbocycles. The molecule has 0 bridgehead atoms. The van der Waals surface area contributed by atoms with Crippen LogP contribution in [0.4, 0.5) is 5.69 Å². The molecule has 1 aliphatic rings. The van der Waals surface area contributed by atoms with Crippen molar-refractivity contribution in [3.05, 3.63) is 34.9 Å². The summed E-state index contributed by atoms with van der Waals surface area (Å²) in [5, 5.41) is 0.657. The summed E-state index contributed by atoms with van der Waals surface area (Å²) in [7, 11) is 1.63. The number of allylic oxidation sites excluding steroid dienone is 1. The number of fused-ring (bicyclic) bond motifs is 1. The number of halogens is 1. The molecule has 1 aromatic rings. The van der Waals surface area contributed by atoms with Gasteiger partial charge in [0, 0.05) is 17.7 Å². The number of ether oxygens (including phenoxy) is 2. The van der Waals surface area contributed by atoms with Gasteiger partial charge in [0.2, 0.25) is 5.90 Å². The molecule has 96 valence electrons. The van der Waals surface area contributed by atoms with Crippen LogP contribution >= 0.6 is 11.6 Å². The maximum atomic E-state index is 6.00. The summed E-state index contributed by atoms with van der Waals surface area (Å²) in [6.07, 6.45) is 1.91. The minimum Gasteiger partial charge on any atom is -0.439 e. The normalized spacial score (nSPS) is 17.2. The van der Waals surface area contributed by atoms with Gasteiger partial charge >= 0.3 is 0 Å². The molecule has 1 heterocycles. The third-order valence-electron chi connectivity index (χ3n) is 2.94. The van der Waals surface area contributed by atoms with Gasteiger partial charge < -0.3 is 9.47 Å².